The molecule has 8 nitrogen and oxygen atoms in total. The SMILES string of the molecule is O=C(Nc1cc([N+](=O)[O-])ccc1Cl)c1ccc([N+](=O)[O-])cc1. The van der Waals surface area contributed by atoms with Crippen molar-refractivity contribution in [1.29, 1.82) is 0 Å². The van der Waals surface area contributed by atoms with Gasteiger partial charge in [-0.25, -0.2) is 0 Å². The summed E-state index contributed by atoms with van der Waals surface area (Å²) in [6.45, 7) is 0. The van der Waals surface area contributed by atoms with Gasteiger partial charge in [-0.15, -0.1) is 0 Å². The summed E-state index contributed by atoms with van der Waals surface area (Å²) in [5.74, 6) is -0.586. The predicted octanol–water partition coefficient (Wildman–Crippen LogP) is 3.41. The Morgan fingerprint density at radius 2 is 1.50 bits per heavy atom. The van der Waals surface area contributed by atoms with Crippen LogP contribution in [0.1, 0.15) is 10.4 Å². The van der Waals surface area contributed by atoms with Gasteiger partial charge < -0.3 is 5.32 Å². The fraction of sp³-hybridized carbons (Fsp3) is 0. The van der Waals surface area contributed by atoms with Gasteiger partial charge in [0.05, 0.1) is 20.6 Å². The number of carbonyl (C=O) groups excluding carboxylic acids is 1. The highest BCUT2D eigenvalue weighted by molar-refractivity contribution is 6.34. The molecule has 0 saturated carbocycles. The highest BCUT2D eigenvalue weighted by atomic mass is 35.5. The van der Waals surface area contributed by atoms with E-state index in [0.717, 1.165) is 6.07 Å². The summed E-state index contributed by atoms with van der Waals surface area (Å²) in [5, 5.41) is 23.8. The second-order valence-electron chi connectivity index (χ2n) is 4.18. The molecule has 0 spiro atoms. The highest BCUT2D eigenvalue weighted by Crippen LogP contribution is 2.27. The van der Waals surface area contributed by atoms with Gasteiger partial charge in [0.2, 0.25) is 0 Å². The van der Waals surface area contributed by atoms with Crippen LogP contribution >= 0.6 is 11.6 Å². The molecule has 2 rings (SSSR count). The number of carbonyl (C=O) groups is 1. The summed E-state index contributed by atoms with van der Waals surface area (Å²) in [6, 6.07) is 8.56. The van der Waals surface area contributed by atoms with Crippen molar-refractivity contribution in [3.8, 4) is 0 Å². The number of rotatable bonds is 4. The van der Waals surface area contributed by atoms with Crippen LogP contribution < -0.4 is 5.32 Å². The van der Waals surface area contributed by atoms with Gasteiger partial charge in [-0.2, -0.15) is 0 Å². The fourth-order valence-electron chi connectivity index (χ4n) is 1.65. The minimum atomic E-state index is -0.613. The van der Waals surface area contributed by atoms with Crippen molar-refractivity contribution < 1.29 is 14.6 Å². The van der Waals surface area contributed by atoms with Crippen LogP contribution in [0.25, 0.3) is 0 Å². The summed E-state index contributed by atoms with van der Waals surface area (Å²) in [7, 11) is 0. The van der Waals surface area contributed by atoms with E-state index in [1.165, 1.54) is 36.4 Å². The lowest BCUT2D eigenvalue weighted by Crippen LogP contribution is -2.12. The molecule has 0 aromatic heterocycles. The molecule has 22 heavy (non-hydrogen) atoms. The highest BCUT2D eigenvalue weighted by Gasteiger charge is 2.14. The number of amides is 1. The summed E-state index contributed by atoms with van der Waals surface area (Å²) in [6.07, 6.45) is 0. The van der Waals surface area contributed by atoms with Crippen LogP contribution in [0.3, 0.4) is 0 Å². The Morgan fingerprint density at radius 3 is 2.05 bits per heavy atom. The lowest BCUT2D eigenvalue weighted by Gasteiger charge is -2.07. The molecular formula is C13H8ClN3O5. The average molecular weight is 322 g/mol. The Hall–Kier alpha value is -3.00. The molecule has 112 valence electrons. The maximum Gasteiger partial charge on any atom is 0.271 e. The van der Waals surface area contributed by atoms with E-state index in [-0.39, 0.29) is 27.6 Å². The third-order valence-corrected chi connectivity index (χ3v) is 3.08. The van der Waals surface area contributed by atoms with Gasteiger partial charge in [0.25, 0.3) is 17.3 Å². The number of nitrogens with one attached hydrogen (secondary N) is 1. The molecule has 0 heterocycles. The lowest BCUT2D eigenvalue weighted by atomic mass is 10.2. The van der Waals surface area contributed by atoms with Crippen molar-refractivity contribution in [3.63, 3.8) is 0 Å². The minimum Gasteiger partial charge on any atom is -0.320 e. The van der Waals surface area contributed by atoms with Gasteiger partial charge in [0.1, 0.15) is 0 Å². The van der Waals surface area contributed by atoms with E-state index in [9.17, 15) is 25.0 Å². The van der Waals surface area contributed by atoms with Crippen LogP contribution in [0.4, 0.5) is 17.1 Å². The number of halogens is 1. The third kappa shape index (κ3) is 3.36. The Morgan fingerprint density at radius 1 is 0.955 bits per heavy atom. The van der Waals surface area contributed by atoms with Crippen LogP contribution in [0.2, 0.25) is 5.02 Å². The molecule has 1 N–H and O–H groups in total. The molecule has 0 saturated heterocycles. The molecule has 0 aliphatic rings. The molecule has 1 amide bonds. The zero-order chi connectivity index (χ0) is 16.3. The average Bonchev–Trinajstić information content (AvgIpc) is 2.49. The number of anilines is 1. The first-order chi connectivity index (χ1) is 10.4. The van der Waals surface area contributed by atoms with E-state index in [0.29, 0.717) is 0 Å². The molecule has 2 aromatic rings. The van der Waals surface area contributed by atoms with Gasteiger partial charge in [0, 0.05) is 29.8 Å². The topological polar surface area (TPSA) is 115 Å². The predicted molar refractivity (Wildman–Crippen MR) is 79.2 cm³/mol. The van der Waals surface area contributed by atoms with Gasteiger partial charge in [0.15, 0.2) is 0 Å². The van der Waals surface area contributed by atoms with Gasteiger partial charge in [-0.05, 0) is 18.2 Å². The first-order valence-corrected chi connectivity index (χ1v) is 6.26. The summed E-state index contributed by atoms with van der Waals surface area (Å²) in [5.41, 5.74) is -0.124. The molecule has 0 aliphatic carbocycles. The van der Waals surface area contributed by atoms with Crippen molar-refractivity contribution in [2.24, 2.45) is 0 Å². The summed E-state index contributed by atoms with van der Waals surface area (Å²) < 4.78 is 0. The van der Waals surface area contributed by atoms with Crippen molar-refractivity contribution in [1.82, 2.24) is 0 Å². The van der Waals surface area contributed by atoms with E-state index in [4.69, 9.17) is 11.6 Å². The Labute approximate surface area is 128 Å². The number of non-ortho nitro benzene ring substituents is 2. The van der Waals surface area contributed by atoms with E-state index < -0.39 is 15.8 Å². The number of hydrogen-bond donors (Lipinski definition) is 1. The smallest absolute Gasteiger partial charge is 0.271 e. The molecule has 0 radical (unpaired) electrons. The van der Waals surface area contributed by atoms with Crippen LogP contribution in [-0.4, -0.2) is 15.8 Å². The molecular weight excluding hydrogens is 314 g/mol. The van der Waals surface area contributed by atoms with E-state index >= 15 is 0 Å². The zero-order valence-corrected chi connectivity index (χ0v) is 11.6. The molecule has 0 aliphatic heterocycles. The first-order valence-electron chi connectivity index (χ1n) is 5.88. The summed E-state index contributed by atoms with van der Waals surface area (Å²) >= 11 is 5.87. The lowest BCUT2D eigenvalue weighted by molar-refractivity contribution is -0.385. The largest absolute Gasteiger partial charge is 0.320 e. The maximum atomic E-state index is 12.0. The van der Waals surface area contributed by atoms with Gasteiger partial charge >= 0.3 is 0 Å². The first kappa shape index (κ1) is 15.4. The molecule has 0 atom stereocenters. The number of hydrogen-bond acceptors (Lipinski definition) is 5. The van der Waals surface area contributed by atoms with E-state index in [1.807, 2.05) is 0 Å². The number of nitro groups is 2. The summed E-state index contributed by atoms with van der Waals surface area (Å²) in [4.78, 5) is 32.1. The van der Waals surface area contributed by atoms with Crippen molar-refractivity contribution in [2.75, 3.05) is 5.32 Å². The molecule has 0 unspecified atom stereocenters. The maximum absolute atomic E-state index is 12.0. The molecule has 9 heteroatoms. The van der Waals surface area contributed by atoms with Crippen LogP contribution in [0, 0.1) is 20.2 Å². The fourth-order valence-corrected chi connectivity index (χ4v) is 1.82. The quantitative estimate of drug-likeness (QED) is 0.684. The normalized spacial score (nSPS) is 10.0. The Kier molecular flexibility index (Phi) is 4.33. The number of nitro benzene ring substituents is 2. The second kappa shape index (κ2) is 6.19. The van der Waals surface area contributed by atoms with Gasteiger partial charge in [-0.1, -0.05) is 11.6 Å². The van der Waals surface area contributed by atoms with Crippen molar-refractivity contribution in [3.05, 3.63) is 73.3 Å². The standard InChI is InChI=1S/C13H8ClN3O5/c14-11-6-5-10(17(21)22)7-12(11)15-13(18)8-1-3-9(4-2-8)16(19)20/h1-7H,(H,15,18). The van der Waals surface area contributed by atoms with Crippen LogP contribution in [0.5, 0.6) is 0 Å². The van der Waals surface area contributed by atoms with E-state index in [1.54, 1.807) is 0 Å². The van der Waals surface area contributed by atoms with Gasteiger partial charge in [-0.3, -0.25) is 25.0 Å². The Bertz CT molecular complexity index is 761. The Balaban J connectivity index is 2.23. The second-order valence-corrected chi connectivity index (χ2v) is 4.59. The third-order valence-electron chi connectivity index (χ3n) is 2.75. The van der Waals surface area contributed by atoms with Crippen LogP contribution in [-0.2, 0) is 0 Å². The number of nitrogens with zero attached hydrogens (tertiary/aromatic N) is 2. The van der Waals surface area contributed by atoms with Crippen molar-refractivity contribution in [2.45, 2.75) is 0 Å². The monoisotopic (exact) mass is 321 g/mol. The van der Waals surface area contributed by atoms with Crippen molar-refractivity contribution >= 4 is 34.6 Å². The molecule has 0 bridgehead atoms. The molecule has 2 aromatic carbocycles. The van der Waals surface area contributed by atoms with E-state index in [2.05, 4.69) is 5.32 Å². The number of benzene rings is 2. The minimum absolute atomic E-state index is 0.0826. The molecule has 0 fully saturated rings. The van der Waals surface area contributed by atoms with Crippen LogP contribution in [0.15, 0.2) is 42.5 Å². The zero-order valence-electron chi connectivity index (χ0n) is 10.9.